The minimum atomic E-state index is -0.482. The van der Waals surface area contributed by atoms with Crippen molar-refractivity contribution in [3.8, 4) is 0 Å². The van der Waals surface area contributed by atoms with E-state index >= 15 is 0 Å². The molecular weight excluding hydrogens is 222 g/mol. The number of hydrazone groups is 1. The van der Waals surface area contributed by atoms with Crippen molar-refractivity contribution >= 4 is 17.8 Å². The van der Waals surface area contributed by atoms with Gasteiger partial charge in [0.2, 0.25) is 5.91 Å². The first-order chi connectivity index (χ1) is 8.00. The van der Waals surface area contributed by atoms with Crippen LogP contribution in [-0.4, -0.2) is 17.0 Å². The van der Waals surface area contributed by atoms with E-state index in [0.717, 1.165) is 0 Å². The molecule has 6 nitrogen and oxygen atoms in total. The second-order valence-corrected chi connectivity index (χ2v) is 3.74. The predicted octanol–water partition coefficient (Wildman–Crippen LogP) is 1.70. The summed E-state index contributed by atoms with van der Waals surface area (Å²) >= 11 is 0. The van der Waals surface area contributed by atoms with Gasteiger partial charge in [0.05, 0.1) is 11.1 Å². The van der Waals surface area contributed by atoms with E-state index in [0.29, 0.717) is 5.56 Å². The molecule has 0 saturated carbocycles. The first kappa shape index (κ1) is 12.8. The summed E-state index contributed by atoms with van der Waals surface area (Å²) in [5.41, 5.74) is 2.89. The fourth-order valence-corrected chi connectivity index (χ4v) is 1.02. The van der Waals surface area contributed by atoms with Gasteiger partial charge in [0, 0.05) is 23.6 Å². The number of carbonyl (C=O) groups is 1. The Morgan fingerprint density at radius 3 is 2.82 bits per heavy atom. The number of rotatable bonds is 4. The zero-order chi connectivity index (χ0) is 12.8. The van der Waals surface area contributed by atoms with E-state index in [4.69, 9.17) is 0 Å². The zero-order valence-electron chi connectivity index (χ0n) is 9.58. The van der Waals surface area contributed by atoms with Crippen molar-refractivity contribution in [2.24, 2.45) is 11.0 Å². The van der Waals surface area contributed by atoms with Crippen LogP contribution in [0.25, 0.3) is 0 Å². The lowest BCUT2D eigenvalue weighted by atomic mass is 10.2. The molecule has 17 heavy (non-hydrogen) atoms. The lowest BCUT2D eigenvalue weighted by Gasteiger charge is -2.01. The lowest BCUT2D eigenvalue weighted by molar-refractivity contribution is -0.384. The summed E-state index contributed by atoms with van der Waals surface area (Å²) in [4.78, 5) is 21.2. The Labute approximate surface area is 98.5 Å². The van der Waals surface area contributed by atoms with Gasteiger partial charge < -0.3 is 0 Å². The van der Waals surface area contributed by atoms with Gasteiger partial charge in [-0.25, -0.2) is 5.43 Å². The Hall–Kier alpha value is -2.24. The molecule has 0 aliphatic heterocycles. The topological polar surface area (TPSA) is 84.6 Å². The Balaban J connectivity index is 2.68. The van der Waals surface area contributed by atoms with Gasteiger partial charge in [-0.15, -0.1) is 0 Å². The van der Waals surface area contributed by atoms with Crippen LogP contribution < -0.4 is 5.43 Å². The highest BCUT2D eigenvalue weighted by Crippen LogP contribution is 2.11. The lowest BCUT2D eigenvalue weighted by Crippen LogP contribution is -2.22. The van der Waals surface area contributed by atoms with Gasteiger partial charge in [-0.2, -0.15) is 5.10 Å². The maximum absolute atomic E-state index is 11.2. The molecule has 6 heteroatoms. The number of nitro benzene ring substituents is 1. The van der Waals surface area contributed by atoms with Crippen LogP contribution in [0.3, 0.4) is 0 Å². The van der Waals surface area contributed by atoms with E-state index in [-0.39, 0.29) is 17.5 Å². The van der Waals surface area contributed by atoms with Crippen LogP contribution in [0.4, 0.5) is 5.69 Å². The van der Waals surface area contributed by atoms with Crippen LogP contribution in [0.1, 0.15) is 19.4 Å². The second-order valence-electron chi connectivity index (χ2n) is 3.74. The van der Waals surface area contributed by atoms with Crippen LogP contribution in [0.2, 0.25) is 0 Å². The maximum atomic E-state index is 11.2. The standard InChI is InChI=1S/C11H13N3O3/c1-8(2)11(15)13-12-7-9-4-3-5-10(6-9)14(16)17/h3-8H,1-2H3,(H,13,15)/b12-7+. The minimum absolute atomic E-state index is 0.0101. The molecule has 1 N–H and O–H groups in total. The summed E-state index contributed by atoms with van der Waals surface area (Å²) in [5.74, 6) is -0.357. The van der Waals surface area contributed by atoms with Gasteiger partial charge in [-0.3, -0.25) is 14.9 Å². The van der Waals surface area contributed by atoms with Crippen molar-refractivity contribution in [3.05, 3.63) is 39.9 Å². The summed E-state index contributed by atoms with van der Waals surface area (Å²) in [7, 11) is 0. The Morgan fingerprint density at radius 2 is 2.24 bits per heavy atom. The number of amides is 1. The first-order valence-corrected chi connectivity index (χ1v) is 5.08. The zero-order valence-corrected chi connectivity index (χ0v) is 9.58. The number of nitro groups is 1. The molecule has 0 spiro atoms. The summed E-state index contributed by atoms with van der Waals surface area (Å²) in [6, 6.07) is 6.00. The molecule has 0 bridgehead atoms. The summed E-state index contributed by atoms with van der Waals surface area (Å²) in [6.45, 7) is 3.50. The maximum Gasteiger partial charge on any atom is 0.270 e. The molecule has 1 rings (SSSR count). The number of nitrogens with zero attached hydrogens (tertiary/aromatic N) is 2. The molecule has 0 aromatic heterocycles. The number of hydrogen-bond donors (Lipinski definition) is 1. The molecule has 0 atom stereocenters. The number of hydrogen-bond acceptors (Lipinski definition) is 4. The second kappa shape index (κ2) is 5.74. The van der Waals surface area contributed by atoms with Gasteiger partial charge >= 0.3 is 0 Å². The van der Waals surface area contributed by atoms with Crippen LogP contribution in [-0.2, 0) is 4.79 Å². The highest BCUT2D eigenvalue weighted by Gasteiger charge is 2.05. The fraction of sp³-hybridized carbons (Fsp3) is 0.273. The van der Waals surface area contributed by atoms with E-state index in [1.165, 1.54) is 18.3 Å². The van der Waals surface area contributed by atoms with E-state index in [1.807, 2.05) is 0 Å². The highest BCUT2D eigenvalue weighted by atomic mass is 16.6. The third-order valence-electron chi connectivity index (χ3n) is 1.99. The van der Waals surface area contributed by atoms with Gasteiger partial charge in [-0.1, -0.05) is 26.0 Å². The van der Waals surface area contributed by atoms with Crippen LogP contribution in [0.5, 0.6) is 0 Å². The molecule has 0 aliphatic carbocycles. The largest absolute Gasteiger partial charge is 0.273 e. The van der Waals surface area contributed by atoms with Crippen molar-refractivity contribution in [1.82, 2.24) is 5.43 Å². The average Bonchev–Trinajstić information content (AvgIpc) is 2.29. The SMILES string of the molecule is CC(C)C(=O)N/N=C/c1cccc([N+](=O)[O-])c1. The molecular formula is C11H13N3O3. The highest BCUT2D eigenvalue weighted by molar-refractivity contribution is 5.83. The number of carbonyl (C=O) groups excluding carboxylic acids is 1. The van der Waals surface area contributed by atoms with Crippen LogP contribution >= 0.6 is 0 Å². The Morgan fingerprint density at radius 1 is 1.53 bits per heavy atom. The number of benzene rings is 1. The normalized spacial score (nSPS) is 10.8. The van der Waals surface area contributed by atoms with Gasteiger partial charge in [0.1, 0.15) is 0 Å². The minimum Gasteiger partial charge on any atom is -0.273 e. The van der Waals surface area contributed by atoms with E-state index in [2.05, 4.69) is 10.5 Å². The molecule has 1 aromatic carbocycles. The molecule has 0 aliphatic rings. The van der Waals surface area contributed by atoms with Crippen LogP contribution in [0, 0.1) is 16.0 Å². The Kier molecular flexibility index (Phi) is 4.33. The van der Waals surface area contributed by atoms with Crippen molar-refractivity contribution < 1.29 is 9.72 Å². The molecule has 90 valence electrons. The first-order valence-electron chi connectivity index (χ1n) is 5.08. The van der Waals surface area contributed by atoms with Crippen molar-refractivity contribution in [1.29, 1.82) is 0 Å². The number of non-ortho nitro benzene ring substituents is 1. The van der Waals surface area contributed by atoms with E-state index in [1.54, 1.807) is 26.0 Å². The molecule has 1 amide bonds. The summed E-state index contributed by atoms with van der Waals surface area (Å²) in [6.07, 6.45) is 1.37. The number of nitrogens with one attached hydrogen (secondary N) is 1. The third-order valence-corrected chi connectivity index (χ3v) is 1.99. The smallest absolute Gasteiger partial charge is 0.270 e. The monoisotopic (exact) mass is 235 g/mol. The van der Waals surface area contributed by atoms with Crippen molar-refractivity contribution in [2.45, 2.75) is 13.8 Å². The third kappa shape index (κ3) is 4.02. The molecule has 0 saturated heterocycles. The summed E-state index contributed by atoms with van der Waals surface area (Å²) < 4.78 is 0. The van der Waals surface area contributed by atoms with Crippen molar-refractivity contribution in [3.63, 3.8) is 0 Å². The van der Waals surface area contributed by atoms with Gasteiger partial charge in [0.15, 0.2) is 0 Å². The average molecular weight is 235 g/mol. The molecule has 0 fully saturated rings. The van der Waals surface area contributed by atoms with Crippen LogP contribution in [0.15, 0.2) is 29.4 Å². The van der Waals surface area contributed by atoms with Gasteiger partial charge in [-0.05, 0) is 0 Å². The predicted molar refractivity (Wildman–Crippen MR) is 63.7 cm³/mol. The summed E-state index contributed by atoms with van der Waals surface area (Å²) in [5, 5.41) is 14.2. The Bertz CT molecular complexity index is 455. The molecule has 0 heterocycles. The quantitative estimate of drug-likeness (QED) is 0.489. The van der Waals surface area contributed by atoms with E-state index in [9.17, 15) is 14.9 Å². The van der Waals surface area contributed by atoms with Gasteiger partial charge in [0.25, 0.3) is 5.69 Å². The molecule has 0 radical (unpaired) electrons. The molecule has 1 aromatic rings. The van der Waals surface area contributed by atoms with E-state index < -0.39 is 4.92 Å². The van der Waals surface area contributed by atoms with Crippen molar-refractivity contribution in [2.75, 3.05) is 0 Å². The molecule has 0 unspecified atom stereocenters. The fourth-order valence-electron chi connectivity index (χ4n) is 1.02.